The lowest BCUT2D eigenvalue weighted by Gasteiger charge is -2.18. The summed E-state index contributed by atoms with van der Waals surface area (Å²) in [6.07, 6.45) is 1.79. The second-order valence-electron chi connectivity index (χ2n) is 3.55. The van der Waals surface area contributed by atoms with Crippen molar-refractivity contribution in [3.8, 4) is 0 Å². The van der Waals surface area contributed by atoms with Crippen LogP contribution >= 0.6 is 0 Å². The number of aromatic nitrogens is 4. The van der Waals surface area contributed by atoms with Crippen LogP contribution in [0, 0.1) is 0 Å². The maximum absolute atomic E-state index is 11.4. The normalized spacial score (nSPS) is 15.2. The lowest BCUT2D eigenvalue weighted by atomic mass is 10.2. The Kier molecular flexibility index (Phi) is 2.71. The quantitative estimate of drug-likeness (QED) is 0.622. The third-order valence-electron chi connectivity index (χ3n) is 2.55. The molecule has 0 aliphatic heterocycles. The lowest BCUT2D eigenvalue weighted by molar-refractivity contribution is 0.0585. The third-order valence-corrected chi connectivity index (χ3v) is 2.55. The van der Waals surface area contributed by atoms with E-state index in [1.54, 1.807) is 11.5 Å². The molecule has 2 aromatic heterocycles. The van der Waals surface area contributed by atoms with E-state index in [9.17, 15) is 9.90 Å². The van der Waals surface area contributed by atoms with E-state index in [0.29, 0.717) is 5.65 Å². The van der Waals surface area contributed by atoms with Crippen molar-refractivity contribution in [2.45, 2.75) is 19.1 Å². The Morgan fingerprint density at radius 1 is 1.56 bits per heavy atom. The molecule has 2 atom stereocenters. The number of hydrogen-bond donors (Lipinski definition) is 3. The van der Waals surface area contributed by atoms with Crippen molar-refractivity contribution < 1.29 is 10.2 Å². The Balaban J connectivity index is 2.54. The number of aliphatic hydroxyl groups excluding tert-OH is 2. The number of aromatic amines is 1. The van der Waals surface area contributed by atoms with Crippen LogP contribution in [0.2, 0.25) is 0 Å². The molecule has 2 aromatic rings. The summed E-state index contributed by atoms with van der Waals surface area (Å²) in [7, 11) is 0. The molecule has 2 unspecified atom stereocenters. The molecule has 0 amide bonds. The molecule has 0 fully saturated rings. The Morgan fingerprint density at radius 2 is 2.31 bits per heavy atom. The average molecular weight is 224 g/mol. The fourth-order valence-corrected chi connectivity index (χ4v) is 1.50. The molecular weight excluding hydrogens is 212 g/mol. The molecule has 86 valence electrons. The number of fused-ring (bicyclic) bond motifs is 1. The predicted octanol–water partition coefficient (Wildman–Crippen LogP) is -0.966. The summed E-state index contributed by atoms with van der Waals surface area (Å²) < 4.78 is 1.56. The molecule has 7 heteroatoms. The molecule has 2 rings (SSSR count). The van der Waals surface area contributed by atoms with Gasteiger partial charge in [-0.25, -0.2) is 9.97 Å². The monoisotopic (exact) mass is 224 g/mol. The van der Waals surface area contributed by atoms with Crippen molar-refractivity contribution in [3.05, 3.63) is 23.0 Å². The summed E-state index contributed by atoms with van der Waals surface area (Å²) >= 11 is 0. The first-order chi connectivity index (χ1) is 7.65. The van der Waals surface area contributed by atoms with Gasteiger partial charge in [0.1, 0.15) is 0 Å². The Labute approximate surface area is 90.4 Å². The van der Waals surface area contributed by atoms with Crippen LogP contribution in [0.4, 0.5) is 0 Å². The maximum Gasteiger partial charge on any atom is 0.278 e. The van der Waals surface area contributed by atoms with Gasteiger partial charge in [0.25, 0.3) is 5.56 Å². The summed E-state index contributed by atoms with van der Waals surface area (Å²) in [5.74, 6) is 0. The molecule has 3 N–H and O–H groups in total. The number of imidazole rings is 1. The van der Waals surface area contributed by atoms with E-state index in [4.69, 9.17) is 5.11 Å². The standard InChI is InChI=1S/C9H12N4O3/c1-5(6(15)2-14)13-4-12-7-8(13)10-3-11-9(7)16/h3-6,14-15H,2H2,1H3,(H,10,11,16). The molecule has 0 aromatic carbocycles. The van der Waals surface area contributed by atoms with Crippen LogP contribution in [0.3, 0.4) is 0 Å². The lowest BCUT2D eigenvalue weighted by Crippen LogP contribution is -2.25. The molecule has 2 heterocycles. The van der Waals surface area contributed by atoms with Crippen molar-refractivity contribution in [2.75, 3.05) is 6.61 Å². The van der Waals surface area contributed by atoms with Gasteiger partial charge in [-0.15, -0.1) is 0 Å². The first-order valence-corrected chi connectivity index (χ1v) is 4.84. The number of nitrogens with one attached hydrogen (secondary N) is 1. The van der Waals surface area contributed by atoms with E-state index in [2.05, 4.69) is 15.0 Å². The minimum absolute atomic E-state index is 0.222. The third kappa shape index (κ3) is 1.59. The van der Waals surface area contributed by atoms with Crippen LogP contribution in [0.1, 0.15) is 13.0 Å². The number of aliphatic hydroxyl groups is 2. The highest BCUT2D eigenvalue weighted by Crippen LogP contribution is 2.15. The number of H-pyrrole nitrogens is 1. The zero-order valence-corrected chi connectivity index (χ0v) is 8.66. The minimum atomic E-state index is -0.918. The van der Waals surface area contributed by atoms with Gasteiger partial charge >= 0.3 is 0 Å². The van der Waals surface area contributed by atoms with Gasteiger partial charge in [-0.1, -0.05) is 0 Å². The van der Waals surface area contributed by atoms with Crippen molar-refractivity contribution in [3.63, 3.8) is 0 Å². The maximum atomic E-state index is 11.4. The minimum Gasteiger partial charge on any atom is -0.394 e. The van der Waals surface area contributed by atoms with Gasteiger partial charge < -0.3 is 19.8 Å². The molecule has 0 aliphatic rings. The molecule has 16 heavy (non-hydrogen) atoms. The van der Waals surface area contributed by atoms with Crippen LogP contribution in [0.5, 0.6) is 0 Å². The van der Waals surface area contributed by atoms with Crippen LogP contribution in [0.15, 0.2) is 17.4 Å². The van der Waals surface area contributed by atoms with E-state index in [0.717, 1.165) is 0 Å². The number of hydrogen-bond acceptors (Lipinski definition) is 5. The van der Waals surface area contributed by atoms with Crippen LogP contribution in [-0.2, 0) is 0 Å². The molecule has 0 spiro atoms. The average Bonchev–Trinajstić information content (AvgIpc) is 2.72. The number of rotatable bonds is 3. The van der Waals surface area contributed by atoms with E-state index in [1.807, 2.05) is 0 Å². The van der Waals surface area contributed by atoms with Crippen molar-refractivity contribution in [2.24, 2.45) is 0 Å². The zero-order valence-electron chi connectivity index (χ0n) is 8.66. The van der Waals surface area contributed by atoms with Crippen molar-refractivity contribution >= 4 is 11.2 Å². The van der Waals surface area contributed by atoms with Gasteiger partial charge in [0, 0.05) is 0 Å². The van der Waals surface area contributed by atoms with Gasteiger partial charge in [-0.05, 0) is 6.92 Å². The predicted molar refractivity (Wildman–Crippen MR) is 56.0 cm³/mol. The fourth-order valence-electron chi connectivity index (χ4n) is 1.50. The highest BCUT2D eigenvalue weighted by atomic mass is 16.3. The van der Waals surface area contributed by atoms with Gasteiger partial charge in [0.2, 0.25) is 0 Å². The topological polar surface area (TPSA) is 104 Å². The van der Waals surface area contributed by atoms with Gasteiger partial charge in [0.05, 0.1) is 31.4 Å². The van der Waals surface area contributed by atoms with Crippen molar-refractivity contribution in [1.82, 2.24) is 19.5 Å². The van der Waals surface area contributed by atoms with Crippen LogP contribution < -0.4 is 5.56 Å². The zero-order chi connectivity index (χ0) is 11.7. The summed E-state index contributed by atoms with van der Waals surface area (Å²) in [4.78, 5) is 21.7. The highest BCUT2D eigenvalue weighted by molar-refractivity contribution is 5.68. The van der Waals surface area contributed by atoms with E-state index >= 15 is 0 Å². The molecule has 0 radical (unpaired) electrons. The van der Waals surface area contributed by atoms with E-state index in [-0.39, 0.29) is 17.7 Å². The molecule has 0 bridgehead atoms. The van der Waals surface area contributed by atoms with Gasteiger partial charge in [-0.2, -0.15) is 0 Å². The van der Waals surface area contributed by atoms with E-state index < -0.39 is 12.1 Å². The SMILES string of the molecule is CC(C(O)CO)n1cnc2c(=O)[nH]cnc21. The molecule has 7 nitrogen and oxygen atoms in total. The largest absolute Gasteiger partial charge is 0.394 e. The molecule has 0 aliphatic carbocycles. The van der Waals surface area contributed by atoms with E-state index in [1.165, 1.54) is 12.7 Å². The first kappa shape index (κ1) is 10.8. The van der Waals surface area contributed by atoms with Crippen LogP contribution in [-0.4, -0.2) is 42.4 Å². The smallest absolute Gasteiger partial charge is 0.278 e. The van der Waals surface area contributed by atoms with Crippen molar-refractivity contribution in [1.29, 1.82) is 0 Å². The van der Waals surface area contributed by atoms with Gasteiger partial charge in [0.15, 0.2) is 11.2 Å². The Bertz CT molecular complexity index is 547. The molecular formula is C9H12N4O3. The summed E-state index contributed by atoms with van der Waals surface area (Å²) in [6, 6.07) is -0.399. The molecule has 0 saturated carbocycles. The second-order valence-corrected chi connectivity index (χ2v) is 3.55. The molecule has 0 saturated heterocycles. The Hall–Kier alpha value is -1.73. The second kappa shape index (κ2) is 4.03. The first-order valence-electron chi connectivity index (χ1n) is 4.84. The number of nitrogens with zero attached hydrogens (tertiary/aromatic N) is 3. The highest BCUT2D eigenvalue weighted by Gasteiger charge is 2.18. The van der Waals surface area contributed by atoms with Gasteiger partial charge in [-0.3, -0.25) is 4.79 Å². The fraction of sp³-hybridized carbons (Fsp3) is 0.444. The summed E-state index contributed by atoms with van der Waals surface area (Å²) in [6.45, 7) is 1.36. The summed E-state index contributed by atoms with van der Waals surface area (Å²) in [5, 5.41) is 18.4. The Morgan fingerprint density at radius 3 is 3.00 bits per heavy atom. The van der Waals surface area contributed by atoms with Crippen LogP contribution in [0.25, 0.3) is 11.2 Å². The summed E-state index contributed by atoms with van der Waals surface area (Å²) in [5.41, 5.74) is 0.290.